The van der Waals surface area contributed by atoms with Crippen LogP contribution in [0.3, 0.4) is 0 Å². The van der Waals surface area contributed by atoms with Crippen LogP contribution in [0, 0.1) is 0 Å². The van der Waals surface area contributed by atoms with Crippen LogP contribution in [0.25, 0.3) is 0 Å². The van der Waals surface area contributed by atoms with Crippen molar-refractivity contribution in [2.45, 2.75) is 12.6 Å². The zero-order valence-corrected chi connectivity index (χ0v) is 20.1. The van der Waals surface area contributed by atoms with E-state index in [1.54, 1.807) is 42.5 Å². The highest BCUT2D eigenvalue weighted by Crippen LogP contribution is 2.34. The van der Waals surface area contributed by atoms with Crippen LogP contribution in [0.15, 0.2) is 60.7 Å². The van der Waals surface area contributed by atoms with E-state index in [1.807, 2.05) is 11.9 Å². The number of rotatable bonds is 5. The lowest BCUT2D eigenvalue weighted by atomic mass is 10.1. The molecule has 1 fully saturated rings. The summed E-state index contributed by atoms with van der Waals surface area (Å²) in [5.41, 5.74) is 1.37. The van der Waals surface area contributed by atoms with E-state index in [-0.39, 0.29) is 11.5 Å². The lowest BCUT2D eigenvalue weighted by Gasteiger charge is -2.34. The van der Waals surface area contributed by atoms with E-state index in [1.165, 1.54) is 6.07 Å². The van der Waals surface area contributed by atoms with Gasteiger partial charge >= 0.3 is 6.18 Å². The summed E-state index contributed by atoms with van der Waals surface area (Å²) in [4.78, 5) is 28.6. The van der Waals surface area contributed by atoms with Gasteiger partial charge in [-0.05, 0) is 49.0 Å². The van der Waals surface area contributed by atoms with E-state index in [2.05, 4.69) is 15.5 Å². The minimum atomic E-state index is -4.58. The Labute approximate surface area is 211 Å². The maximum absolute atomic E-state index is 13.6. The molecule has 2 N–H and O–H groups in total. The Hall–Kier alpha value is -4.05. The van der Waals surface area contributed by atoms with Crippen LogP contribution in [0.4, 0.5) is 30.2 Å². The fourth-order valence-electron chi connectivity index (χ4n) is 4.39. The Balaban J connectivity index is 1.34. The molecule has 0 aliphatic carbocycles. The summed E-state index contributed by atoms with van der Waals surface area (Å²) in [5, 5.41) is 5.44. The highest BCUT2D eigenvalue weighted by molar-refractivity contribution is 6.05. The third kappa shape index (κ3) is 5.69. The quantitative estimate of drug-likeness (QED) is 0.506. The van der Waals surface area contributed by atoms with Gasteiger partial charge in [-0.15, -0.1) is 0 Å². The topological polar surface area (TPSA) is 73.9 Å². The van der Waals surface area contributed by atoms with Crippen LogP contribution in [0.5, 0.6) is 11.5 Å². The number of piperazine rings is 1. The van der Waals surface area contributed by atoms with Crippen LogP contribution < -0.4 is 20.3 Å². The number of anilines is 3. The van der Waals surface area contributed by atoms with Gasteiger partial charge in [-0.3, -0.25) is 9.59 Å². The number of halogens is 3. The van der Waals surface area contributed by atoms with E-state index in [9.17, 15) is 22.8 Å². The van der Waals surface area contributed by atoms with Crippen molar-refractivity contribution < 1.29 is 27.5 Å². The number of ether oxygens (including phenoxy) is 1. The normalized spacial score (nSPS) is 15.8. The molecule has 0 atom stereocenters. The van der Waals surface area contributed by atoms with Gasteiger partial charge in [-0.25, -0.2) is 0 Å². The second-order valence-electron chi connectivity index (χ2n) is 9.18. The van der Waals surface area contributed by atoms with E-state index >= 15 is 0 Å². The van der Waals surface area contributed by atoms with Crippen LogP contribution in [-0.4, -0.2) is 49.9 Å². The molecular formula is C27H25F3N4O3. The summed E-state index contributed by atoms with van der Waals surface area (Å²) in [7, 11) is 1.96. The van der Waals surface area contributed by atoms with E-state index in [4.69, 9.17) is 4.74 Å². The molecule has 5 rings (SSSR count). The zero-order chi connectivity index (χ0) is 26.2. The summed E-state index contributed by atoms with van der Waals surface area (Å²) in [6.45, 7) is 2.59. The van der Waals surface area contributed by atoms with Crippen molar-refractivity contribution in [1.82, 2.24) is 4.90 Å². The molecule has 2 amide bonds. The first-order chi connectivity index (χ1) is 17.6. The van der Waals surface area contributed by atoms with Gasteiger partial charge in [0.2, 0.25) is 5.91 Å². The van der Waals surface area contributed by atoms with Crippen molar-refractivity contribution in [2.75, 3.05) is 48.8 Å². The predicted octanol–water partition coefficient (Wildman–Crippen LogP) is 5.00. The Kier molecular flexibility index (Phi) is 6.51. The highest BCUT2D eigenvalue weighted by Gasteiger charge is 2.32. The number of alkyl halides is 3. The first-order valence-electron chi connectivity index (χ1n) is 11.8. The number of carbonyl (C=O) groups excluding carboxylic acids is 2. The van der Waals surface area contributed by atoms with Gasteiger partial charge in [0.25, 0.3) is 5.91 Å². The maximum atomic E-state index is 13.6. The van der Waals surface area contributed by atoms with Crippen molar-refractivity contribution in [1.29, 1.82) is 0 Å². The summed E-state index contributed by atoms with van der Waals surface area (Å²) in [6, 6.07) is 15.3. The lowest BCUT2D eigenvalue weighted by Crippen LogP contribution is -2.44. The minimum Gasteiger partial charge on any atom is -0.457 e. The molecule has 37 heavy (non-hydrogen) atoms. The Morgan fingerprint density at radius 3 is 2.49 bits per heavy atom. The molecule has 192 valence electrons. The number of nitrogens with zero attached hydrogens (tertiary/aromatic N) is 2. The number of nitrogens with one attached hydrogen (secondary N) is 2. The summed E-state index contributed by atoms with van der Waals surface area (Å²) in [6.07, 6.45) is -4.26. The molecule has 2 aliphatic heterocycles. The number of benzene rings is 3. The van der Waals surface area contributed by atoms with Gasteiger partial charge in [-0.1, -0.05) is 12.1 Å². The predicted molar refractivity (Wildman–Crippen MR) is 134 cm³/mol. The van der Waals surface area contributed by atoms with Gasteiger partial charge in [0.05, 0.1) is 12.0 Å². The van der Waals surface area contributed by atoms with Crippen molar-refractivity contribution in [3.63, 3.8) is 0 Å². The van der Waals surface area contributed by atoms with E-state index in [0.29, 0.717) is 48.1 Å². The van der Waals surface area contributed by atoms with Gasteiger partial charge in [0.1, 0.15) is 11.5 Å². The van der Waals surface area contributed by atoms with Gasteiger partial charge in [0.15, 0.2) is 0 Å². The first kappa shape index (κ1) is 24.6. The minimum absolute atomic E-state index is 0.0792. The molecule has 10 heteroatoms. The third-order valence-corrected chi connectivity index (χ3v) is 6.41. The zero-order valence-electron chi connectivity index (χ0n) is 20.1. The summed E-state index contributed by atoms with van der Waals surface area (Å²) >= 11 is 0. The summed E-state index contributed by atoms with van der Waals surface area (Å²) in [5.74, 6) is 0.185. The maximum Gasteiger partial charge on any atom is 0.416 e. The number of amides is 2. The standard InChI is InChI=1S/C27H25F3N4O3/c1-33-7-9-34(10-8-33)21-12-18(11-19(14-21)27(28,29)30)26(36)31-20-3-2-4-22(15-20)37-23-6-5-17-13-25(35)32-24(17)16-23/h2-6,11-12,14-16H,7-10,13H2,1H3,(H,31,36)(H,32,35). The molecule has 1 saturated heterocycles. The van der Waals surface area contributed by atoms with E-state index < -0.39 is 17.6 Å². The Bertz CT molecular complexity index is 1350. The molecule has 3 aromatic rings. The van der Waals surface area contributed by atoms with Gasteiger partial charge in [0, 0.05) is 60.9 Å². The second kappa shape index (κ2) is 9.78. The number of hydrogen-bond acceptors (Lipinski definition) is 5. The Morgan fingerprint density at radius 2 is 1.73 bits per heavy atom. The van der Waals surface area contributed by atoms with Crippen LogP contribution in [-0.2, 0) is 17.4 Å². The fourth-order valence-corrected chi connectivity index (χ4v) is 4.39. The average molecular weight is 511 g/mol. The third-order valence-electron chi connectivity index (χ3n) is 6.41. The molecule has 2 heterocycles. The summed E-state index contributed by atoms with van der Waals surface area (Å²) < 4.78 is 46.8. The average Bonchev–Trinajstić information content (AvgIpc) is 3.23. The van der Waals surface area contributed by atoms with Crippen molar-refractivity contribution in [3.8, 4) is 11.5 Å². The molecule has 0 radical (unpaired) electrons. The molecule has 0 bridgehead atoms. The highest BCUT2D eigenvalue weighted by atomic mass is 19.4. The molecule has 0 aromatic heterocycles. The fraction of sp³-hybridized carbons (Fsp3) is 0.259. The number of likely N-dealkylation sites (N-methyl/N-ethyl adjacent to an activating group) is 1. The van der Waals surface area contributed by atoms with E-state index in [0.717, 1.165) is 30.8 Å². The van der Waals surface area contributed by atoms with Crippen LogP contribution >= 0.6 is 0 Å². The SMILES string of the molecule is CN1CCN(c2cc(C(=O)Nc3cccc(Oc4ccc5c(c4)NC(=O)C5)c3)cc(C(F)(F)F)c2)CC1. The van der Waals surface area contributed by atoms with Crippen LogP contribution in [0.2, 0.25) is 0 Å². The number of hydrogen-bond donors (Lipinski definition) is 2. The largest absolute Gasteiger partial charge is 0.457 e. The number of fused-ring (bicyclic) bond motifs is 1. The van der Waals surface area contributed by atoms with Crippen molar-refractivity contribution in [3.05, 3.63) is 77.4 Å². The lowest BCUT2D eigenvalue weighted by molar-refractivity contribution is -0.137. The Morgan fingerprint density at radius 1 is 0.973 bits per heavy atom. The second-order valence-corrected chi connectivity index (χ2v) is 9.18. The molecule has 0 unspecified atom stereocenters. The molecular weight excluding hydrogens is 485 g/mol. The molecule has 0 spiro atoms. The monoisotopic (exact) mass is 510 g/mol. The molecule has 7 nitrogen and oxygen atoms in total. The molecule has 0 saturated carbocycles. The van der Waals surface area contributed by atoms with Crippen molar-refractivity contribution in [2.24, 2.45) is 0 Å². The number of carbonyl (C=O) groups is 2. The first-order valence-corrected chi connectivity index (χ1v) is 11.8. The van der Waals surface area contributed by atoms with Gasteiger partial charge in [-0.2, -0.15) is 13.2 Å². The van der Waals surface area contributed by atoms with Crippen LogP contribution in [0.1, 0.15) is 21.5 Å². The van der Waals surface area contributed by atoms with Crippen molar-refractivity contribution >= 4 is 28.9 Å². The van der Waals surface area contributed by atoms with Gasteiger partial charge < -0.3 is 25.2 Å². The molecule has 3 aromatic carbocycles. The molecule has 2 aliphatic rings. The smallest absolute Gasteiger partial charge is 0.416 e.